The minimum atomic E-state index is 0. The molecular formula is C8H37Fe2N7O4S4. The number of hydrogen-bond acceptors (Lipinski definition) is 10. The van der Waals surface area contributed by atoms with Crippen LogP contribution in [-0.2, 0) is 92.9 Å². The van der Waals surface area contributed by atoms with Gasteiger partial charge < -0.3 is 109 Å². The van der Waals surface area contributed by atoms with Crippen molar-refractivity contribution in [1.82, 2.24) is 18.5 Å². The van der Waals surface area contributed by atoms with Gasteiger partial charge in [-0.2, -0.15) is 19.8 Å². The molecule has 0 aliphatic rings. The molecule has 0 unspecified atom stereocenters. The van der Waals surface area contributed by atoms with E-state index in [1.54, 1.807) is 6.26 Å². The van der Waals surface area contributed by atoms with Crippen LogP contribution < -0.4 is 18.5 Å². The van der Waals surface area contributed by atoms with Crippen molar-refractivity contribution >= 4 is 80.3 Å². The summed E-state index contributed by atoms with van der Waals surface area (Å²) in [4.78, 5) is 31.0. The fourth-order valence-electron chi connectivity index (χ4n) is 0. The van der Waals surface area contributed by atoms with Crippen LogP contribution in [0.3, 0.4) is 0 Å². The van der Waals surface area contributed by atoms with E-state index in [0.717, 1.165) is 0 Å². The SMILES string of the molecule is CC.C[S-].N.N.N.S.[CH-]=O.[CH-]=O.[CH-]=O.[CH-]=O.[CH3-].[Fe+6].[Fe+6].[NH2-].[NH2-].[NH2-].[NH2-].[SH-].[SH-]. The third-order valence-corrected chi connectivity index (χ3v) is 0. The van der Waals surface area contributed by atoms with E-state index in [1.807, 2.05) is 13.8 Å². The van der Waals surface area contributed by atoms with Gasteiger partial charge in [0, 0.05) is 0 Å². The quantitative estimate of drug-likeness (QED) is 0.133. The number of carbonyl (C=O) groups excluding carboxylic acids is 4. The molecule has 168 valence electrons. The molecule has 0 fully saturated rings. The van der Waals surface area contributed by atoms with Crippen molar-refractivity contribution in [3.05, 3.63) is 32.0 Å². The minimum absolute atomic E-state index is 0. The van der Waals surface area contributed by atoms with Crippen molar-refractivity contribution in [2.45, 2.75) is 13.8 Å². The van der Waals surface area contributed by atoms with E-state index in [0.29, 0.717) is 0 Å². The van der Waals surface area contributed by atoms with Crippen LogP contribution in [0.15, 0.2) is 0 Å². The van der Waals surface area contributed by atoms with Gasteiger partial charge in [0.25, 0.3) is 0 Å². The van der Waals surface area contributed by atoms with E-state index in [-0.39, 0.29) is 125 Å². The van der Waals surface area contributed by atoms with Crippen LogP contribution in [0, 0.1) is 7.43 Å². The second-order valence-electron chi connectivity index (χ2n) is 0. The van der Waals surface area contributed by atoms with Crippen LogP contribution in [0.4, 0.5) is 0 Å². The Morgan fingerprint density at radius 2 is 0.520 bits per heavy atom. The van der Waals surface area contributed by atoms with Crippen molar-refractivity contribution < 1.29 is 53.3 Å². The van der Waals surface area contributed by atoms with Gasteiger partial charge in [0.2, 0.25) is 0 Å². The second-order valence-corrected chi connectivity index (χ2v) is 0. The monoisotopic (exact) mass is 535 g/mol. The zero-order chi connectivity index (χ0) is 12.0. The van der Waals surface area contributed by atoms with Gasteiger partial charge in [0.15, 0.2) is 0 Å². The molecule has 0 spiro atoms. The summed E-state index contributed by atoms with van der Waals surface area (Å²) in [5.41, 5.74) is 0. The molecule has 0 aliphatic heterocycles. The van der Waals surface area contributed by atoms with E-state index >= 15 is 0 Å². The maximum atomic E-state index is 7.75. The molecule has 0 atom stereocenters. The standard InChI is InChI=1S/C2H6.4CHO.CH4S.CH3.2Fe.3H3N.4H2N.3H2S/c6*1-2;;;;;;;;;;;;;/h1-2H3;4*1H;2H,1H3;1H3;;;3*1H3;7*1H2/q;4*-1;;-1;2*+6;;;;4*-1;;;/p-3. The zero-order valence-corrected chi connectivity index (χ0v) is 20.7. The summed E-state index contributed by atoms with van der Waals surface area (Å²) in [7, 11) is 0. The van der Waals surface area contributed by atoms with E-state index in [4.69, 9.17) is 19.2 Å². The van der Waals surface area contributed by atoms with Crippen molar-refractivity contribution in [3.8, 4) is 0 Å². The van der Waals surface area contributed by atoms with Crippen LogP contribution in [0.2, 0.25) is 0 Å². The summed E-state index contributed by atoms with van der Waals surface area (Å²) in [5.74, 6) is 0. The fraction of sp³-hybridized carbons (Fsp3) is 0.375. The maximum absolute atomic E-state index is 7.75. The molecule has 0 aromatic carbocycles. The molecule has 0 rings (SSSR count). The molecule has 0 amide bonds. The second kappa shape index (κ2) is 20100. The summed E-state index contributed by atoms with van der Waals surface area (Å²) >= 11 is 4.08. The van der Waals surface area contributed by atoms with Crippen LogP contribution in [0.1, 0.15) is 13.8 Å². The summed E-state index contributed by atoms with van der Waals surface area (Å²) in [6.07, 6.45) is 1.58. The molecule has 0 bridgehead atoms. The Morgan fingerprint density at radius 1 is 0.520 bits per heavy atom. The van der Waals surface area contributed by atoms with Crippen molar-refractivity contribution in [2.24, 2.45) is 0 Å². The molecule has 0 saturated carbocycles. The first-order valence-electron chi connectivity index (χ1n) is 2.35. The van der Waals surface area contributed by atoms with E-state index in [1.165, 1.54) is 0 Å². The number of rotatable bonds is 0. The number of nitrogens with two attached hydrogens (primary N) is 4. The average molecular weight is 535 g/mol. The molecule has 0 aromatic rings. The van der Waals surface area contributed by atoms with Gasteiger partial charge in [-0.05, 0) is 0 Å². The molecule has 17 N–H and O–H groups in total. The Morgan fingerprint density at radius 3 is 0.520 bits per heavy atom. The third kappa shape index (κ3) is 18400. The molecule has 17 heteroatoms. The van der Waals surface area contributed by atoms with Crippen LogP contribution in [0.5, 0.6) is 0 Å². The molecule has 0 aliphatic carbocycles. The van der Waals surface area contributed by atoms with Crippen LogP contribution in [0.25, 0.3) is 24.6 Å². The number of hydrogen-bond donors (Lipinski definition) is 3. The first-order chi connectivity index (χ1) is 6.00. The zero-order valence-electron chi connectivity index (χ0n) is 14.9. The Labute approximate surface area is 203 Å². The van der Waals surface area contributed by atoms with Gasteiger partial charge in [0.05, 0.1) is 0 Å². The predicted octanol–water partition coefficient (Wildman–Crippen LogP) is 3.47. The minimum Gasteiger partial charge on any atom is -0.813 e. The molecular weight excluding hydrogens is 498 g/mol. The van der Waals surface area contributed by atoms with E-state index < -0.39 is 0 Å². The van der Waals surface area contributed by atoms with Gasteiger partial charge in [-0.15, -0.1) is 0 Å². The molecule has 11 nitrogen and oxygen atoms in total. The van der Waals surface area contributed by atoms with Gasteiger partial charge in [-0.3, -0.25) is 27.2 Å². The molecule has 0 radical (unpaired) electrons. The Kier molecular flexibility index (Phi) is 273000. The van der Waals surface area contributed by atoms with Crippen LogP contribution >= 0.6 is 13.5 Å². The first kappa shape index (κ1) is 341. The average Bonchev–Trinajstić information content (AvgIpc) is 2.33. The molecule has 25 heavy (non-hydrogen) atoms. The Hall–Kier alpha value is 0.839. The Balaban J connectivity index is -0.000000000921. The van der Waals surface area contributed by atoms with Gasteiger partial charge >= 0.3 is 34.1 Å². The van der Waals surface area contributed by atoms with Crippen molar-refractivity contribution in [3.63, 3.8) is 0 Å². The van der Waals surface area contributed by atoms with Gasteiger partial charge in [-0.1, -0.05) is 13.8 Å². The van der Waals surface area contributed by atoms with Gasteiger partial charge in [0.1, 0.15) is 0 Å². The first-order valence-corrected chi connectivity index (χ1v) is 3.17. The predicted molar refractivity (Wildman–Crippen MR) is 122 cm³/mol. The maximum Gasteiger partial charge on any atom is 6.00 e. The summed E-state index contributed by atoms with van der Waals surface area (Å²) in [6, 6.07) is 0. The van der Waals surface area contributed by atoms with Crippen molar-refractivity contribution in [1.29, 1.82) is 0 Å². The number of thiol groups is 2. The van der Waals surface area contributed by atoms with E-state index in [9.17, 15) is 0 Å². The molecule has 0 saturated heterocycles. The topological polar surface area (TPSA) is 307 Å². The summed E-state index contributed by atoms with van der Waals surface area (Å²) < 4.78 is 0. The molecule has 0 heterocycles. The fourth-order valence-corrected chi connectivity index (χ4v) is 0. The largest absolute Gasteiger partial charge is 6.00 e. The normalized spacial score (nSPS) is 1.12. The Bertz CT molecular complexity index is 62.4. The van der Waals surface area contributed by atoms with Gasteiger partial charge in [-0.25, -0.2) is 0 Å². The van der Waals surface area contributed by atoms with E-state index in [2.05, 4.69) is 39.8 Å². The third-order valence-electron chi connectivity index (χ3n) is 0. The molecule has 0 aromatic heterocycles. The van der Waals surface area contributed by atoms with Crippen molar-refractivity contribution in [2.75, 3.05) is 6.26 Å². The summed E-state index contributed by atoms with van der Waals surface area (Å²) in [6.45, 7) is 17.0. The summed E-state index contributed by atoms with van der Waals surface area (Å²) in [5, 5.41) is 0. The smallest absolute Gasteiger partial charge is 0.813 e. The van der Waals surface area contributed by atoms with Crippen LogP contribution in [-0.4, -0.2) is 33.4 Å².